The number of aryl methyl sites for hydroxylation is 1. The van der Waals surface area contributed by atoms with Gasteiger partial charge in [0, 0.05) is 5.41 Å². The van der Waals surface area contributed by atoms with Gasteiger partial charge in [0.25, 0.3) is 0 Å². The number of fused-ring (bicyclic) bond motifs is 1. The lowest BCUT2D eigenvalue weighted by Gasteiger charge is -2.33. The molecule has 1 heteroatoms. The SMILES string of the molecule is CCCC1(C=O)CCc2ccccc2C1. The van der Waals surface area contributed by atoms with E-state index in [0.29, 0.717) is 0 Å². The number of hydrogen-bond acceptors (Lipinski definition) is 1. The van der Waals surface area contributed by atoms with Gasteiger partial charge in [-0.3, -0.25) is 0 Å². The predicted molar refractivity (Wildman–Crippen MR) is 61.9 cm³/mol. The monoisotopic (exact) mass is 202 g/mol. The third kappa shape index (κ3) is 1.97. The van der Waals surface area contributed by atoms with Crippen molar-refractivity contribution < 1.29 is 4.79 Å². The molecule has 1 nitrogen and oxygen atoms in total. The van der Waals surface area contributed by atoms with E-state index in [1.807, 2.05) is 0 Å². The van der Waals surface area contributed by atoms with Crippen molar-refractivity contribution in [2.45, 2.75) is 39.0 Å². The summed E-state index contributed by atoms with van der Waals surface area (Å²) in [5.41, 5.74) is 2.75. The van der Waals surface area contributed by atoms with Gasteiger partial charge in [0.2, 0.25) is 0 Å². The van der Waals surface area contributed by atoms with E-state index in [2.05, 4.69) is 31.2 Å². The third-order valence-electron chi connectivity index (χ3n) is 3.55. The second-order valence-corrected chi connectivity index (χ2v) is 4.68. The number of carbonyl (C=O) groups excluding carboxylic acids is 1. The lowest BCUT2D eigenvalue weighted by atomic mass is 9.70. The Hall–Kier alpha value is -1.11. The van der Waals surface area contributed by atoms with Gasteiger partial charge in [0.1, 0.15) is 6.29 Å². The minimum atomic E-state index is -0.0664. The second-order valence-electron chi connectivity index (χ2n) is 4.68. The maximum absolute atomic E-state index is 11.3. The molecule has 0 saturated carbocycles. The molecule has 0 fully saturated rings. The fraction of sp³-hybridized carbons (Fsp3) is 0.500. The maximum Gasteiger partial charge on any atom is 0.126 e. The average molecular weight is 202 g/mol. The Kier molecular flexibility index (Phi) is 2.90. The molecular weight excluding hydrogens is 184 g/mol. The summed E-state index contributed by atoms with van der Waals surface area (Å²) in [6.45, 7) is 2.16. The van der Waals surface area contributed by atoms with Crippen LogP contribution >= 0.6 is 0 Å². The molecule has 0 N–H and O–H groups in total. The largest absolute Gasteiger partial charge is 0.303 e. The van der Waals surface area contributed by atoms with E-state index in [4.69, 9.17) is 0 Å². The van der Waals surface area contributed by atoms with Crippen LogP contribution in [0.25, 0.3) is 0 Å². The highest BCUT2D eigenvalue weighted by molar-refractivity contribution is 5.61. The third-order valence-corrected chi connectivity index (χ3v) is 3.55. The van der Waals surface area contributed by atoms with Crippen molar-refractivity contribution in [3.05, 3.63) is 35.4 Å². The van der Waals surface area contributed by atoms with Crippen LogP contribution in [0.15, 0.2) is 24.3 Å². The first kappa shape index (κ1) is 10.4. The Bertz CT molecular complexity index is 356. The molecule has 0 spiro atoms. The van der Waals surface area contributed by atoms with Gasteiger partial charge in [-0.1, -0.05) is 37.6 Å². The van der Waals surface area contributed by atoms with Crippen molar-refractivity contribution in [2.75, 3.05) is 0 Å². The van der Waals surface area contributed by atoms with E-state index in [0.717, 1.165) is 32.1 Å². The summed E-state index contributed by atoms with van der Waals surface area (Å²) in [6.07, 6.45) is 6.37. The molecule has 0 amide bonds. The summed E-state index contributed by atoms with van der Waals surface area (Å²) in [5, 5.41) is 0. The lowest BCUT2D eigenvalue weighted by Crippen LogP contribution is -2.30. The summed E-state index contributed by atoms with van der Waals surface area (Å²) in [4.78, 5) is 11.3. The van der Waals surface area contributed by atoms with Gasteiger partial charge in [-0.15, -0.1) is 0 Å². The molecule has 15 heavy (non-hydrogen) atoms. The van der Waals surface area contributed by atoms with Crippen LogP contribution in [0, 0.1) is 5.41 Å². The smallest absolute Gasteiger partial charge is 0.126 e. The summed E-state index contributed by atoms with van der Waals surface area (Å²) in [6, 6.07) is 8.52. The molecular formula is C14H18O. The molecule has 0 heterocycles. The van der Waals surface area contributed by atoms with Gasteiger partial charge in [-0.2, -0.15) is 0 Å². The molecule has 0 aliphatic heterocycles. The molecule has 1 atom stereocenters. The van der Waals surface area contributed by atoms with Crippen LogP contribution in [0.3, 0.4) is 0 Å². The molecule has 1 aliphatic rings. The van der Waals surface area contributed by atoms with Crippen molar-refractivity contribution in [3.63, 3.8) is 0 Å². The number of benzene rings is 1. The molecule has 1 aromatic rings. The van der Waals surface area contributed by atoms with Crippen LogP contribution in [0.5, 0.6) is 0 Å². The summed E-state index contributed by atoms with van der Waals surface area (Å²) in [5.74, 6) is 0. The second kappa shape index (κ2) is 4.18. The van der Waals surface area contributed by atoms with Gasteiger partial charge in [0.05, 0.1) is 0 Å². The summed E-state index contributed by atoms with van der Waals surface area (Å²) in [7, 11) is 0. The van der Waals surface area contributed by atoms with E-state index in [-0.39, 0.29) is 5.41 Å². The highest BCUT2D eigenvalue weighted by Gasteiger charge is 2.32. The van der Waals surface area contributed by atoms with E-state index in [1.165, 1.54) is 17.4 Å². The van der Waals surface area contributed by atoms with Crippen LogP contribution in [0.4, 0.5) is 0 Å². The van der Waals surface area contributed by atoms with Crippen molar-refractivity contribution in [1.82, 2.24) is 0 Å². The number of carbonyl (C=O) groups is 1. The first-order valence-corrected chi connectivity index (χ1v) is 5.83. The molecule has 1 aromatic carbocycles. The normalized spacial score (nSPS) is 24.6. The minimum Gasteiger partial charge on any atom is -0.303 e. The van der Waals surface area contributed by atoms with Crippen molar-refractivity contribution in [1.29, 1.82) is 0 Å². The van der Waals surface area contributed by atoms with Crippen LogP contribution in [0.1, 0.15) is 37.3 Å². The fourth-order valence-corrected chi connectivity index (χ4v) is 2.70. The van der Waals surface area contributed by atoms with Crippen LogP contribution < -0.4 is 0 Å². The number of hydrogen-bond donors (Lipinski definition) is 0. The topological polar surface area (TPSA) is 17.1 Å². The van der Waals surface area contributed by atoms with Gasteiger partial charge in [0.15, 0.2) is 0 Å². The van der Waals surface area contributed by atoms with Gasteiger partial charge in [-0.05, 0) is 36.8 Å². The Morgan fingerprint density at radius 2 is 2.07 bits per heavy atom. The fourth-order valence-electron chi connectivity index (χ4n) is 2.70. The van der Waals surface area contributed by atoms with E-state index in [1.54, 1.807) is 0 Å². The van der Waals surface area contributed by atoms with Crippen LogP contribution in [-0.2, 0) is 17.6 Å². The van der Waals surface area contributed by atoms with Crippen LogP contribution in [-0.4, -0.2) is 6.29 Å². The van der Waals surface area contributed by atoms with Gasteiger partial charge in [-0.25, -0.2) is 0 Å². The van der Waals surface area contributed by atoms with Crippen molar-refractivity contribution >= 4 is 6.29 Å². The highest BCUT2D eigenvalue weighted by atomic mass is 16.1. The van der Waals surface area contributed by atoms with Gasteiger partial charge < -0.3 is 4.79 Å². The molecule has 80 valence electrons. The first-order valence-electron chi connectivity index (χ1n) is 5.83. The number of aldehydes is 1. The molecule has 0 bridgehead atoms. The minimum absolute atomic E-state index is 0.0664. The molecule has 0 saturated heterocycles. The van der Waals surface area contributed by atoms with Crippen molar-refractivity contribution in [3.8, 4) is 0 Å². The predicted octanol–water partition coefficient (Wildman–Crippen LogP) is 3.16. The van der Waals surface area contributed by atoms with E-state index in [9.17, 15) is 4.79 Å². The first-order chi connectivity index (χ1) is 7.29. The molecule has 0 aromatic heterocycles. The molecule has 1 aliphatic carbocycles. The van der Waals surface area contributed by atoms with Crippen LogP contribution in [0.2, 0.25) is 0 Å². The Morgan fingerprint density at radius 3 is 2.73 bits per heavy atom. The van der Waals surface area contributed by atoms with Crippen molar-refractivity contribution in [2.24, 2.45) is 5.41 Å². The Balaban J connectivity index is 2.26. The zero-order valence-corrected chi connectivity index (χ0v) is 9.33. The lowest BCUT2D eigenvalue weighted by molar-refractivity contribution is -0.117. The molecule has 0 radical (unpaired) electrons. The highest BCUT2D eigenvalue weighted by Crippen LogP contribution is 2.37. The van der Waals surface area contributed by atoms with E-state index < -0.39 is 0 Å². The standard InChI is InChI=1S/C14H18O/c1-2-8-14(11-15)9-7-12-5-3-4-6-13(12)10-14/h3-6,11H,2,7-10H2,1H3. The maximum atomic E-state index is 11.3. The zero-order valence-electron chi connectivity index (χ0n) is 9.33. The van der Waals surface area contributed by atoms with Gasteiger partial charge >= 0.3 is 0 Å². The summed E-state index contributed by atoms with van der Waals surface area (Å²) >= 11 is 0. The quantitative estimate of drug-likeness (QED) is 0.688. The molecule has 2 rings (SSSR count). The Labute approximate surface area is 91.5 Å². The zero-order chi connectivity index (χ0) is 10.7. The number of rotatable bonds is 3. The Morgan fingerprint density at radius 1 is 1.33 bits per heavy atom. The van der Waals surface area contributed by atoms with E-state index >= 15 is 0 Å². The summed E-state index contributed by atoms with van der Waals surface area (Å²) < 4.78 is 0. The molecule has 1 unspecified atom stereocenters. The average Bonchev–Trinajstić information content (AvgIpc) is 2.29.